The maximum atomic E-state index is 14.7. The van der Waals surface area contributed by atoms with Crippen molar-refractivity contribution in [3.05, 3.63) is 70.5 Å². The second-order valence-electron chi connectivity index (χ2n) is 8.49. The Labute approximate surface area is 190 Å². The third kappa shape index (κ3) is 2.78. The third-order valence-electron chi connectivity index (χ3n) is 6.50. The number of ether oxygens (including phenoxy) is 1. The molecule has 0 saturated heterocycles. The molecule has 9 heteroatoms. The number of benzene rings is 2. The fourth-order valence-corrected chi connectivity index (χ4v) is 5.68. The highest BCUT2D eigenvalue weighted by atomic mass is 32.1. The van der Waals surface area contributed by atoms with Gasteiger partial charge in [-0.05, 0) is 43.2 Å². The van der Waals surface area contributed by atoms with Gasteiger partial charge in [0.2, 0.25) is 5.95 Å². The molecule has 1 aliphatic heterocycles. The van der Waals surface area contributed by atoms with Crippen molar-refractivity contribution in [1.29, 1.82) is 0 Å². The predicted octanol–water partition coefficient (Wildman–Crippen LogP) is 5.45. The van der Waals surface area contributed by atoms with Gasteiger partial charge < -0.3 is 10.1 Å². The van der Waals surface area contributed by atoms with E-state index < -0.39 is 0 Å². The third-order valence-corrected chi connectivity index (χ3v) is 7.56. The summed E-state index contributed by atoms with van der Waals surface area (Å²) in [6.07, 6.45) is 4.39. The van der Waals surface area contributed by atoms with Gasteiger partial charge in [0.25, 0.3) is 0 Å². The zero-order valence-corrected chi connectivity index (χ0v) is 18.3. The minimum absolute atomic E-state index is 0.191. The zero-order chi connectivity index (χ0) is 22.3. The summed E-state index contributed by atoms with van der Waals surface area (Å²) in [6, 6.07) is 8.83. The second-order valence-corrected chi connectivity index (χ2v) is 9.75. The van der Waals surface area contributed by atoms with Gasteiger partial charge in [-0.3, -0.25) is 4.40 Å². The molecule has 1 saturated carbocycles. The Kier molecular flexibility index (Phi) is 3.85. The summed E-state index contributed by atoms with van der Waals surface area (Å²) in [7, 11) is 0. The van der Waals surface area contributed by atoms with Crippen LogP contribution in [-0.2, 0) is 6.54 Å². The quantitative estimate of drug-likeness (QED) is 0.385. The molecule has 1 aliphatic carbocycles. The van der Waals surface area contributed by atoms with Crippen LogP contribution in [0.3, 0.4) is 0 Å². The van der Waals surface area contributed by atoms with Gasteiger partial charge in [0.1, 0.15) is 29.8 Å². The summed E-state index contributed by atoms with van der Waals surface area (Å²) >= 11 is 1.43. The molecule has 1 N–H and O–H groups in total. The molecule has 6 nitrogen and oxygen atoms in total. The van der Waals surface area contributed by atoms with Crippen LogP contribution in [0.25, 0.3) is 26.9 Å². The van der Waals surface area contributed by atoms with Crippen molar-refractivity contribution >= 4 is 33.0 Å². The van der Waals surface area contributed by atoms with Crippen LogP contribution in [0.15, 0.2) is 42.9 Å². The maximum Gasteiger partial charge on any atom is 0.210 e. The molecule has 0 radical (unpaired) electrons. The number of nitrogens with zero attached hydrogens (tertiary/aromatic N) is 4. The summed E-state index contributed by atoms with van der Waals surface area (Å²) in [5, 5.41) is 12.1. The van der Waals surface area contributed by atoms with Crippen LogP contribution in [0.1, 0.15) is 28.3 Å². The Hall–Kier alpha value is -3.59. The molecule has 0 amide bonds. The highest BCUT2D eigenvalue weighted by Gasteiger charge is 2.49. The largest absolute Gasteiger partial charge is 0.489 e. The van der Waals surface area contributed by atoms with E-state index in [0.717, 1.165) is 33.6 Å². The number of fused-ring (bicyclic) bond motifs is 5. The molecule has 0 bridgehead atoms. The van der Waals surface area contributed by atoms with E-state index in [1.54, 1.807) is 29.9 Å². The van der Waals surface area contributed by atoms with Crippen molar-refractivity contribution in [3.63, 3.8) is 0 Å². The number of anilines is 1. The number of halogens is 2. The number of hydrogen-bond donors (Lipinski definition) is 1. The zero-order valence-electron chi connectivity index (χ0n) is 17.5. The standard InChI is InChI=1S/C24H17F2N5OS/c1-11-22(26)14-6-12(2-5-20(14)33-11)15-8-27-24(31-10-29-30-23(15)31)28-9-16-17(25)3-4-18-21(16)13-7-19(13)32-18/h2-6,8,10,13,19H,7,9H2,1H3,(H,27,28)/t13-,19+/m0/s1. The lowest BCUT2D eigenvalue weighted by Gasteiger charge is -2.14. The minimum atomic E-state index is -0.254. The van der Waals surface area contributed by atoms with E-state index in [4.69, 9.17) is 4.74 Å². The molecule has 7 rings (SSSR count). The van der Waals surface area contributed by atoms with Gasteiger partial charge in [-0.2, -0.15) is 0 Å². The van der Waals surface area contributed by atoms with E-state index in [1.807, 2.05) is 18.2 Å². The van der Waals surface area contributed by atoms with Crippen LogP contribution in [0.5, 0.6) is 5.75 Å². The number of aromatic nitrogens is 4. The van der Waals surface area contributed by atoms with E-state index in [9.17, 15) is 8.78 Å². The molecule has 2 aromatic carbocycles. The van der Waals surface area contributed by atoms with Gasteiger partial charge in [-0.1, -0.05) is 6.07 Å². The van der Waals surface area contributed by atoms with Crippen LogP contribution in [0, 0.1) is 18.6 Å². The number of hydrogen-bond acceptors (Lipinski definition) is 6. The Morgan fingerprint density at radius 1 is 1.24 bits per heavy atom. The molecule has 2 atom stereocenters. The highest BCUT2D eigenvalue weighted by Crippen LogP contribution is 2.55. The van der Waals surface area contributed by atoms with Crippen LogP contribution in [0.4, 0.5) is 14.7 Å². The van der Waals surface area contributed by atoms with Crippen molar-refractivity contribution < 1.29 is 13.5 Å². The summed E-state index contributed by atoms with van der Waals surface area (Å²) in [5.41, 5.74) is 3.71. The normalized spacial score (nSPS) is 18.4. The first kappa shape index (κ1) is 18.9. The lowest BCUT2D eigenvalue weighted by Crippen LogP contribution is -2.10. The van der Waals surface area contributed by atoms with Gasteiger partial charge in [0, 0.05) is 50.3 Å². The molecule has 164 valence electrons. The smallest absolute Gasteiger partial charge is 0.210 e. The maximum absolute atomic E-state index is 14.7. The molecule has 3 aromatic heterocycles. The van der Waals surface area contributed by atoms with Gasteiger partial charge in [0.05, 0.1) is 0 Å². The van der Waals surface area contributed by atoms with Crippen LogP contribution in [-0.4, -0.2) is 25.7 Å². The molecule has 2 aliphatic rings. The van der Waals surface area contributed by atoms with Crippen molar-refractivity contribution in [2.75, 3.05) is 5.32 Å². The van der Waals surface area contributed by atoms with Crippen molar-refractivity contribution in [1.82, 2.24) is 19.6 Å². The van der Waals surface area contributed by atoms with Crippen molar-refractivity contribution in [2.45, 2.75) is 31.9 Å². The minimum Gasteiger partial charge on any atom is -0.489 e. The first-order valence-electron chi connectivity index (χ1n) is 10.7. The van der Waals surface area contributed by atoms with E-state index >= 15 is 0 Å². The topological polar surface area (TPSA) is 64.3 Å². The summed E-state index contributed by atoms with van der Waals surface area (Å²) < 4.78 is 37.6. The van der Waals surface area contributed by atoms with Crippen LogP contribution < -0.4 is 10.1 Å². The average Bonchev–Trinajstić information content (AvgIpc) is 3.13. The Morgan fingerprint density at radius 3 is 3.06 bits per heavy atom. The fraction of sp³-hybridized carbons (Fsp3) is 0.208. The summed E-state index contributed by atoms with van der Waals surface area (Å²) in [4.78, 5) is 5.22. The van der Waals surface area contributed by atoms with Crippen LogP contribution >= 0.6 is 11.3 Å². The van der Waals surface area contributed by atoms with Gasteiger partial charge in [-0.25, -0.2) is 13.8 Å². The summed E-state index contributed by atoms with van der Waals surface area (Å²) in [5.74, 6) is 1.11. The van der Waals surface area contributed by atoms with Gasteiger partial charge >= 0.3 is 0 Å². The summed E-state index contributed by atoms with van der Waals surface area (Å²) in [6.45, 7) is 2.05. The molecular weight excluding hydrogens is 444 g/mol. The Morgan fingerprint density at radius 2 is 2.15 bits per heavy atom. The molecule has 4 heterocycles. The number of aryl methyl sites for hydroxylation is 1. The Balaban J connectivity index is 1.25. The SMILES string of the molecule is Cc1sc2ccc(-c3cnc(NCc4c(F)ccc5c4[C@H]4C[C@H]4O5)n4cnnc34)cc2c1F. The molecule has 0 unspecified atom stereocenters. The van der Waals surface area contributed by atoms with Crippen molar-refractivity contribution in [3.8, 4) is 16.9 Å². The number of nitrogens with one attached hydrogen (secondary N) is 1. The first-order chi connectivity index (χ1) is 16.1. The van der Waals surface area contributed by atoms with Gasteiger partial charge in [0.15, 0.2) is 5.65 Å². The van der Waals surface area contributed by atoms with E-state index in [1.165, 1.54) is 17.4 Å². The van der Waals surface area contributed by atoms with E-state index in [-0.39, 0.29) is 30.2 Å². The highest BCUT2D eigenvalue weighted by molar-refractivity contribution is 7.19. The molecule has 0 spiro atoms. The monoisotopic (exact) mass is 461 g/mol. The fourth-order valence-electron chi connectivity index (χ4n) is 4.75. The Bertz CT molecular complexity index is 1590. The lowest BCUT2D eigenvalue weighted by atomic mass is 10.0. The molecule has 5 aromatic rings. The second kappa shape index (κ2) is 6.71. The van der Waals surface area contributed by atoms with Crippen molar-refractivity contribution in [2.24, 2.45) is 0 Å². The van der Waals surface area contributed by atoms with E-state index in [2.05, 4.69) is 20.5 Å². The number of rotatable bonds is 4. The number of thiophene rings is 1. The average molecular weight is 461 g/mol. The molecular formula is C24H17F2N5OS. The van der Waals surface area contributed by atoms with Crippen LogP contribution in [0.2, 0.25) is 0 Å². The lowest BCUT2D eigenvalue weighted by molar-refractivity contribution is 0.318. The van der Waals surface area contributed by atoms with Gasteiger partial charge in [-0.15, -0.1) is 21.5 Å². The molecule has 33 heavy (non-hydrogen) atoms. The predicted molar refractivity (Wildman–Crippen MR) is 122 cm³/mol. The van der Waals surface area contributed by atoms with E-state index in [0.29, 0.717) is 27.4 Å². The first-order valence-corrected chi connectivity index (χ1v) is 11.5. The molecule has 1 fully saturated rings.